The van der Waals surface area contributed by atoms with Crippen LogP contribution in [0.5, 0.6) is 0 Å². The summed E-state index contributed by atoms with van der Waals surface area (Å²) in [6.07, 6.45) is 5.60. The second-order valence-corrected chi connectivity index (χ2v) is 4.77. The van der Waals surface area contributed by atoms with Gasteiger partial charge in [-0.25, -0.2) is 9.37 Å². The van der Waals surface area contributed by atoms with Gasteiger partial charge in [-0.05, 0) is 18.6 Å². The molecule has 0 aliphatic carbocycles. The largest absolute Gasteiger partial charge is 0.310 e. The smallest absolute Gasteiger partial charge is 0.141 e. The monoisotopic (exact) mass is 251 g/mol. The second-order valence-electron chi connectivity index (χ2n) is 3.79. The molecule has 1 atom stereocenters. The number of halogens is 1. The highest BCUT2D eigenvalue weighted by Crippen LogP contribution is 2.12. The summed E-state index contributed by atoms with van der Waals surface area (Å²) in [5.74, 6) is -0.295. The van der Waals surface area contributed by atoms with E-state index in [2.05, 4.69) is 15.3 Å². The van der Waals surface area contributed by atoms with E-state index in [1.54, 1.807) is 23.7 Å². The zero-order valence-corrected chi connectivity index (χ0v) is 10.4. The van der Waals surface area contributed by atoms with Crippen LogP contribution in [0.1, 0.15) is 23.5 Å². The molecule has 5 heteroatoms. The van der Waals surface area contributed by atoms with Crippen molar-refractivity contribution < 1.29 is 4.39 Å². The molecule has 0 fully saturated rings. The Balaban J connectivity index is 1.83. The zero-order valence-electron chi connectivity index (χ0n) is 9.56. The fourth-order valence-electron chi connectivity index (χ4n) is 1.55. The standard InChI is InChI=1S/C12H14FN3S/c1-9(10-6-11(13)8-14-7-10)15-3-2-12-16-4-5-17-12/h4-9,15H,2-3H2,1H3. The summed E-state index contributed by atoms with van der Waals surface area (Å²) >= 11 is 1.65. The summed E-state index contributed by atoms with van der Waals surface area (Å²) < 4.78 is 13.0. The van der Waals surface area contributed by atoms with Crippen molar-refractivity contribution in [3.8, 4) is 0 Å². The zero-order chi connectivity index (χ0) is 12.1. The highest BCUT2D eigenvalue weighted by atomic mass is 32.1. The Hall–Kier alpha value is -1.33. The lowest BCUT2D eigenvalue weighted by atomic mass is 10.1. The van der Waals surface area contributed by atoms with Gasteiger partial charge in [-0.2, -0.15) is 0 Å². The number of nitrogens with one attached hydrogen (secondary N) is 1. The van der Waals surface area contributed by atoms with Crippen molar-refractivity contribution in [1.29, 1.82) is 0 Å². The molecular formula is C12H14FN3S. The summed E-state index contributed by atoms with van der Waals surface area (Å²) in [6, 6.07) is 1.60. The van der Waals surface area contributed by atoms with E-state index in [4.69, 9.17) is 0 Å². The summed E-state index contributed by atoms with van der Waals surface area (Å²) in [4.78, 5) is 8.04. The molecule has 0 saturated carbocycles. The van der Waals surface area contributed by atoms with Crippen molar-refractivity contribution in [2.45, 2.75) is 19.4 Å². The maximum atomic E-state index is 13.0. The minimum atomic E-state index is -0.295. The van der Waals surface area contributed by atoms with Crippen LogP contribution in [-0.4, -0.2) is 16.5 Å². The second kappa shape index (κ2) is 5.84. The van der Waals surface area contributed by atoms with Crippen LogP contribution in [0, 0.1) is 5.82 Å². The van der Waals surface area contributed by atoms with E-state index in [9.17, 15) is 4.39 Å². The maximum Gasteiger partial charge on any atom is 0.141 e. The van der Waals surface area contributed by atoms with E-state index < -0.39 is 0 Å². The Morgan fingerprint density at radius 3 is 3.06 bits per heavy atom. The SMILES string of the molecule is CC(NCCc1nccs1)c1cncc(F)c1. The minimum absolute atomic E-state index is 0.0955. The van der Waals surface area contributed by atoms with Crippen LogP contribution >= 0.6 is 11.3 Å². The third-order valence-electron chi connectivity index (χ3n) is 2.50. The van der Waals surface area contributed by atoms with Crippen LogP contribution in [0.25, 0.3) is 0 Å². The van der Waals surface area contributed by atoms with Gasteiger partial charge in [0.25, 0.3) is 0 Å². The lowest BCUT2D eigenvalue weighted by Crippen LogP contribution is -2.21. The third kappa shape index (κ3) is 3.57. The average molecular weight is 251 g/mol. The van der Waals surface area contributed by atoms with Crippen LogP contribution in [-0.2, 0) is 6.42 Å². The molecule has 0 radical (unpaired) electrons. The van der Waals surface area contributed by atoms with E-state index in [0.29, 0.717) is 0 Å². The maximum absolute atomic E-state index is 13.0. The molecule has 0 amide bonds. The minimum Gasteiger partial charge on any atom is -0.310 e. The lowest BCUT2D eigenvalue weighted by Gasteiger charge is -2.13. The third-order valence-corrected chi connectivity index (χ3v) is 3.34. The summed E-state index contributed by atoms with van der Waals surface area (Å²) in [7, 11) is 0. The predicted octanol–water partition coefficient (Wildman–Crippen LogP) is 2.57. The first kappa shape index (κ1) is 12.1. The van der Waals surface area contributed by atoms with E-state index in [1.807, 2.05) is 12.3 Å². The van der Waals surface area contributed by atoms with Gasteiger partial charge in [0.15, 0.2) is 0 Å². The fraction of sp³-hybridized carbons (Fsp3) is 0.333. The van der Waals surface area contributed by atoms with Crippen LogP contribution in [0.2, 0.25) is 0 Å². The van der Waals surface area contributed by atoms with Crippen molar-refractivity contribution in [1.82, 2.24) is 15.3 Å². The lowest BCUT2D eigenvalue weighted by molar-refractivity contribution is 0.562. The number of rotatable bonds is 5. The van der Waals surface area contributed by atoms with Crippen molar-refractivity contribution in [2.75, 3.05) is 6.54 Å². The Morgan fingerprint density at radius 2 is 2.35 bits per heavy atom. The number of thiazole rings is 1. The molecule has 0 aliphatic heterocycles. The molecule has 90 valence electrons. The molecule has 0 bridgehead atoms. The van der Waals surface area contributed by atoms with E-state index in [-0.39, 0.29) is 11.9 Å². The molecule has 2 heterocycles. The first-order valence-corrected chi connectivity index (χ1v) is 6.36. The van der Waals surface area contributed by atoms with Crippen molar-refractivity contribution in [2.24, 2.45) is 0 Å². The number of hydrogen-bond donors (Lipinski definition) is 1. The van der Waals surface area contributed by atoms with E-state index in [0.717, 1.165) is 23.5 Å². The Bertz CT molecular complexity index is 459. The van der Waals surface area contributed by atoms with Crippen LogP contribution in [0.3, 0.4) is 0 Å². The van der Waals surface area contributed by atoms with Gasteiger partial charge in [0, 0.05) is 36.8 Å². The molecule has 0 aromatic carbocycles. The van der Waals surface area contributed by atoms with Gasteiger partial charge < -0.3 is 5.32 Å². The first-order chi connectivity index (χ1) is 8.25. The van der Waals surface area contributed by atoms with Crippen LogP contribution in [0.15, 0.2) is 30.0 Å². The Kier molecular flexibility index (Phi) is 4.17. The molecule has 0 saturated heterocycles. The molecule has 3 nitrogen and oxygen atoms in total. The quantitative estimate of drug-likeness (QED) is 0.887. The van der Waals surface area contributed by atoms with Gasteiger partial charge in [-0.3, -0.25) is 4.98 Å². The van der Waals surface area contributed by atoms with Crippen molar-refractivity contribution >= 4 is 11.3 Å². The van der Waals surface area contributed by atoms with Crippen LogP contribution in [0.4, 0.5) is 4.39 Å². The molecule has 0 spiro atoms. The van der Waals surface area contributed by atoms with Crippen molar-refractivity contribution in [3.63, 3.8) is 0 Å². The van der Waals surface area contributed by atoms with Gasteiger partial charge in [-0.15, -0.1) is 11.3 Å². The summed E-state index contributed by atoms with van der Waals surface area (Å²) in [5.41, 5.74) is 0.865. The summed E-state index contributed by atoms with van der Waals surface area (Å²) in [6.45, 7) is 2.82. The molecule has 2 aromatic rings. The van der Waals surface area contributed by atoms with Gasteiger partial charge >= 0.3 is 0 Å². The highest BCUT2D eigenvalue weighted by molar-refractivity contribution is 7.09. The molecule has 1 unspecified atom stereocenters. The highest BCUT2D eigenvalue weighted by Gasteiger charge is 2.06. The number of hydrogen-bond acceptors (Lipinski definition) is 4. The number of pyridine rings is 1. The molecular weight excluding hydrogens is 237 g/mol. The van der Waals surface area contributed by atoms with E-state index >= 15 is 0 Å². The molecule has 0 aliphatic rings. The fourth-order valence-corrected chi connectivity index (χ4v) is 2.18. The van der Waals surface area contributed by atoms with Gasteiger partial charge in [-0.1, -0.05) is 0 Å². The van der Waals surface area contributed by atoms with Gasteiger partial charge in [0.1, 0.15) is 5.82 Å². The Labute approximate surface area is 104 Å². The van der Waals surface area contributed by atoms with Crippen molar-refractivity contribution in [3.05, 3.63) is 46.4 Å². The van der Waals surface area contributed by atoms with Gasteiger partial charge in [0.05, 0.1) is 11.2 Å². The normalized spacial score (nSPS) is 12.6. The Morgan fingerprint density at radius 1 is 1.47 bits per heavy atom. The van der Waals surface area contributed by atoms with E-state index in [1.165, 1.54) is 12.3 Å². The number of nitrogens with zero attached hydrogens (tertiary/aromatic N) is 2. The molecule has 2 aromatic heterocycles. The molecule has 1 N–H and O–H groups in total. The topological polar surface area (TPSA) is 37.8 Å². The van der Waals surface area contributed by atoms with Crippen LogP contribution < -0.4 is 5.32 Å². The molecule has 17 heavy (non-hydrogen) atoms. The predicted molar refractivity (Wildman–Crippen MR) is 66.4 cm³/mol. The first-order valence-electron chi connectivity index (χ1n) is 5.48. The average Bonchev–Trinajstić information content (AvgIpc) is 2.82. The number of aromatic nitrogens is 2. The molecule has 2 rings (SSSR count). The summed E-state index contributed by atoms with van der Waals surface area (Å²) in [5, 5.41) is 6.40. The van der Waals surface area contributed by atoms with Gasteiger partial charge in [0.2, 0.25) is 0 Å².